The number of nitrogens with zero attached hydrogens (tertiary/aromatic N) is 1. The van der Waals surface area contributed by atoms with Gasteiger partial charge in [0.25, 0.3) is 5.91 Å². The van der Waals surface area contributed by atoms with E-state index in [1.807, 2.05) is 13.0 Å². The van der Waals surface area contributed by atoms with E-state index in [1.165, 1.54) is 11.3 Å². The molecule has 1 aromatic rings. The minimum Gasteiger partial charge on any atom is -0.351 e. The van der Waals surface area contributed by atoms with Gasteiger partial charge in [-0.15, -0.1) is 11.3 Å². The fourth-order valence-electron chi connectivity index (χ4n) is 2.10. The number of rotatable bonds is 5. The first kappa shape index (κ1) is 15.0. The number of carbonyl (C=O) groups is 1. The summed E-state index contributed by atoms with van der Waals surface area (Å²) in [5, 5.41) is 6.33. The Morgan fingerprint density at radius 1 is 1.53 bits per heavy atom. The predicted molar refractivity (Wildman–Crippen MR) is 83.0 cm³/mol. The highest BCUT2D eigenvalue weighted by molar-refractivity contribution is 9.11. The van der Waals surface area contributed by atoms with Crippen molar-refractivity contribution in [1.82, 2.24) is 15.5 Å². The summed E-state index contributed by atoms with van der Waals surface area (Å²) in [6, 6.07) is 1.93. The number of hydrogen-bond acceptors (Lipinski definition) is 4. The maximum absolute atomic E-state index is 11.9. The molecule has 106 valence electrons. The number of aryl methyl sites for hydroxylation is 1. The second-order valence-corrected chi connectivity index (χ2v) is 7.14. The molecule has 1 aromatic heterocycles. The molecular formula is C13H20BrN3OS. The smallest absolute Gasteiger partial charge is 0.261 e. The number of amides is 1. The van der Waals surface area contributed by atoms with Crippen molar-refractivity contribution in [2.45, 2.75) is 13.3 Å². The van der Waals surface area contributed by atoms with Gasteiger partial charge in [0, 0.05) is 32.7 Å². The topological polar surface area (TPSA) is 44.4 Å². The highest BCUT2D eigenvalue weighted by atomic mass is 79.9. The predicted octanol–water partition coefficient (Wildman–Crippen LogP) is 1.84. The molecule has 1 aliphatic heterocycles. The second kappa shape index (κ2) is 7.38. The number of nitrogens with one attached hydrogen (secondary N) is 2. The zero-order valence-corrected chi connectivity index (χ0v) is 13.6. The first-order valence-electron chi connectivity index (χ1n) is 6.64. The first-order valence-corrected chi connectivity index (χ1v) is 8.25. The van der Waals surface area contributed by atoms with Gasteiger partial charge in [0.1, 0.15) is 0 Å². The first-order chi connectivity index (χ1) is 9.16. The van der Waals surface area contributed by atoms with Gasteiger partial charge in [0.05, 0.1) is 8.66 Å². The summed E-state index contributed by atoms with van der Waals surface area (Å²) < 4.78 is 1.04. The molecule has 0 aliphatic carbocycles. The molecule has 4 nitrogen and oxygen atoms in total. The molecule has 19 heavy (non-hydrogen) atoms. The summed E-state index contributed by atoms with van der Waals surface area (Å²) >= 11 is 4.94. The molecule has 6 heteroatoms. The Kier molecular flexibility index (Phi) is 5.81. The van der Waals surface area contributed by atoms with E-state index in [2.05, 4.69) is 31.5 Å². The van der Waals surface area contributed by atoms with Crippen LogP contribution in [0.1, 0.15) is 21.7 Å². The van der Waals surface area contributed by atoms with Gasteiger partial charge in [0.15, 0.2) is 0 Å². The molecule has 0 aromatic carbocycles. The summed E-state index contributed by atoms with van der Waals surface area (Å²) in [6.45, 7) is 8.20. The SMILES string of the molecule is Cc1cc(C(=O)NCCCN2CCNCC2)sc1Br. The third-order valence-electron chi connectivity index (χ3n) is 3.23. The number of carbonyl (C=O) groups excluding carboxylic acids is 1. The van der Waals surface area contributed by atoms with E-state index in [-0.39, 0.29) is 5.91 Å². The summed E-state index contributed by atoms with van der Waals surface area (Å²) in [5.74, 6) is 0.0408. The van der Waals surface area contributed by atoms with Crippen molar-refractivity contribution >= 4 is 33.2 Å². The van der Waals surface area contributed by atoms with Crippen LogP contribution < -0.4 is 10.6 Å². The molecule has 0 unspecified atom stereocenters. The van der Waals surface area contributed by atoms with Gasteiger partial charge in [-0.2, -0.15) is 0 Å². The Labute approximate surface area is 126 Å². The average Bonchev–Trinajstić information content (AvgIpc) is 2.76. The zero-order chi connectivity index (χ0) is 13.7. The average molecular weight is 346 g/mol. The standard InChI is InChI=1S/C13H20BrN3OS/c1-10-9-11(19-12(10)14)13(18)16-3-2-6-17-7-4-15-5-8-17/h9,15H,2-8H2,1H3,(H,16,18). The number of hydrogen-bond donors (Lipinski definition) is 2. The second-order valence-electron chi connectivity index (χ2n) is 4.77. The molecule has 2 heterocycles. The van der Waals surface area contributed by atoms with Crippen molar-refractivity contribution < 1.29 is 4.79 Å². The van der Waals surface area contributed by atoms with Crippen LogP contribution in [0.5, 0.6) is 0 Å². The van der Waals surface area contributed by atoms with E-state index in [9.17, 15) is 4.79 Å². The fourth-order valence-corrected chi connectivity index (χ4v) is 3.55. The fraction of sp³-hybridized carbons (Fsp3) is 0.615. The van der Waals surface area contributed by atoms with Gasteiger partial charge in [0.2, 0.25) is 0 Å². The third kappa shape index (κ3) is 4.56. The van der Waals surface area contributed by atoms with E-state index in [4.69, 9.17) is 0 Å². The Bertz CT molecular complexity index is 410. The van der Waals surface area contributed by atoms with Crippen molar-refractivity contribution in [3.05, 3.63) is 20.3 Å². The summed E-state index contributed by atoms with van der Waals surface area (Å²) in [5.41, 5.74) is 1.12. The Morgan fingerprint density at radius 3 is 2.89 bits per heavy atom. The van der Waals surface area contributed by atoms with Gasteiger partial charge in [-0.05, 0) is 47.4 Å². The van der Waals surface area contributed by atoms with Gasteiger partial charge in [-0.25, -0.2) is 0 Å². The largest absolute Gasteiger partial charge is 0.351 e. The minimum absolute atomic E-state index is 0.0408. The van der Waals surface area contributed by atoms with Gasteiger partial charge < -0.3 is 15.5 Å². The molecule has 1 aliphatic rings. The Morgan fingerprint density at radius 2 is 2.26 bits per heavy atom. The Hall–Kier alpha value is -0.430. The van der Waals surface area contributed by atoms with Crippen LogP contribution >= 0.6 is 27.3 Å². The normalized spacial score (nSPS) is 16.5. The van der Waals surface area contributed by atoms with Gasteiger partial charge >= 0.3 is 0 Å². The summed E-state index contributed by atoms with van der Waals surface area (Å²) in [7, 11) is 0. The zero-order valence-electron chi connectivity index (χ0n) is 11.2. The van der Waals surface area contributed by atoms with E-state index in [0.717, 1.165) is 59.9 Å². The molecule has 0 radical (unpaired) electrons. The maximum Gasteiger partial charge on any atom is 0.261 e. The number of piperazine rings is 1. The van der Waals surface area contributed by atoms with E-state index < -0.39 is 0 Å². The molecule has 2 N–H and O–H groups in total. The lowest BCUT2D eigenvalue weighted by molar-refractivity contribution is 0.0955. The molecule has 1 saturated heterocycles. The molecule has 0 bridgehead atoms. The summed E-state index contributed by atoms with van der Waals surface area (Å²) in [4.78, 5) is 15.1. The molecule has 1 amide bonds. The lowest BCUT2D eigenvalue weighted by Gasteiger charge is -2.27. The third-order valence-corrected chi connectivity index (χ3v) is 5.36. The lowest BCUT2D eigenvalue weighted by Crippen LogP contribution is -2.44. The van der Waals surface area contributed by atoms with Crippen molar-refractivity contribution in [2.75, 3.05) is 39.3 Å². The number of halogens is 1. The minimum atomic E-state index is 0.0408. The van der Waals surface area contributed by atoms with Crippen molar-refractivity contribution in [3.8, 4) is 0 Å². The number of thiophene rings is 1. The monoisotopic (exact) mass is 345 g/mol. The highest BCUT2D eigenvalue weighted by Crippen LogP contribution is 2.27. The van der Waals surface area contributed by atoms with E-state index >= 15 is 0 Å². The molecule has 0 saturated carbocycles. The Balaban J connectivity index is 1.66. The molecule has 0 atom stereocenters. The van der Waals surface area contributed by atoms with Gasteiger partial charge in [-0.1, -0.05) is 0 Å². The van der Waals surface area contributed by atoms with Crippen molar-refractivity contribution in [1.29, 1.82) is 0 Å². The van der Waals surface area contributed by atoms with Crippen LogP contribution in [0.15, 0.2) is 9.85 Å². The van der Waals surface area contributed by atoms with Crippen LogP contribution in [0.3, 0.4) is 0 Å². The maximum atomic E-state index is 11.9. The quantitative estimate of drug-likeness (QED) is 0.800. The van der Waals surface area contributed by atoms with E-state index in [0.29, 0.717) is 0 Å². The van der Waals surface area contributed by atoms with Crippen molar-refractivity contribution in [3.63, 3.8) is 0 Å². The molecule has 0 spiro atoms. The molecule has 1 fully saturated rings. The van der Waals surface area contributed by atoms with Crippen molar-refractivity contribution in [2.24, 2.45) is 0 Å². The van der Waals surface area contributed by atoms with Crippen LogP contribution in [0.25, 0.3) is 0 Å². The van der Waals surface area contributed by atoms with E-state index in [1.54, 1.807) is 0 Å². The van der Waals surface area contributed by atoms with Crippen LogP contribution in [0.4, 0.5) is 0 Å². The molecule has 2 rings (SSSR count). The lowest BCUT2D eigenvalue weighted by atomic mass is 10.3. The van der Waals surface area contributed by atoms with Crippen LogP contribution in [-0.2, 0) is 0 Å². The molecular weight excluding hydrogens is 326 g/mol. The highest BCUT2D eigenvalue weighted by Gasteiger charge is 2.11. The van der Waals surface area contributed by atoms with Gasteiger partial charge in [-0.3, -0.25) is 4.79 Å². The summed E-state index contributed by atoms with van der Waals surface area (Å²) in [6.07, 6.45) is 1.01. The van der Waals surface area contributed by atoms with Crippen LogP contribution in [0, 0.1) is 6.92 Å². The van der Waals surface area contributed by atoms with Crippen LogP contribution in [0.2, 0.25) is 0 Å². The van der Waals surface area contributed by atoms with Crippen LogP contribution in [-0.4, -0.2) is 50.1 Å².